The Hall–Kier alpha value is -0.930. The molecule has 0 saturated heterocycles. The van der Waals surface area contributed by atoms with Gasteiger partial charge in [0.2, 0.25) is 0 Å². The van der Waals surface area contributed by atoms with Crippen LogP contribution >= 0.6 is 0 Å². The molecule has 0 aliphatic rings. The third-order valence-electron chi connectivity index (χ3n) is 2.52. The first-order valence-corrected chi connectivity index (χ1v) is 5.34. The number of hydrogen-bond acceptors (Lipinski definition) is 2. The van der Waals surface area contributed by atoms with Gasteiger partial charge in [-0.15, -0.1) is 0 Å². The van der Waals surface area contributed by atoms with Gasteiger partial charge in [0.05, 0.1) is 12.1 Å². The van der Waals surface area contributed by atoms with Crippen molar-refractivity contribution < 1.29 is 9.50 Å². The first-order chi connectivity index (χ1) is 7.15. The molecular weight excluding hydrogens is 193 g/mol. The van der Waals surface area contributed by atoms with Crippen LogP contribution in [0.5, 0.6) is 0 Å². The summed E-state index contributed by atoms with van der Waals surface area (Å²) in [4.78, 5) is 0. The number of aliphatic hydroxyl groups is 1. The number of rotatable bonds is 5. The fourth-order valence-corrected chi connectivity index (χ4v) is 1.50. The van der Waals surface area contributed by atoms with E-state index in [1.54, 1.807) is 12.1 Å². The Morgan fingerprint density at radius 2 is 1.93 bits per heavy atom. The first kappa shape index (κ1) is 12.1. The van der Waals surface area contributed by atoms with Gasteiger partial charge in [-0.3, -0.25) is 0 Å². The van der Waals surface area contributed by atoms with E-state index in [0.717, 1.165) is 18.4 Å². The van der Waals surface area contributed by atoms with Crippen LogP contribution in [0.3, 0.4) is 0 Å². The summed E-state index contributed by atoms with van der Waals surface area (Å²) in [6.45, 7) is 2.07. The Balaban J connectivity index is 2.59. The molecule has 1 aromatic rings. The van der Waals surface area contributed by atoms with E-state index in [2.05, 4.69) is 6.92 Å². The van der Waals surface area contributed by atoms with Crippen LogP contribution in [0.4, 0.5) is 4.39 Å². The number of nitrogens with two attached hydrogens (primary N) is 1. The van der Waals surface area contributed by atoms with E-state index in [1.807, 2.05) is 0 Å². The van der Waals surface area contributed by atoms with Gasteiger partial charge in [-0.1, -0.05) is 31.9 Å². The highest BCUT2D eigenvalue weighted by atomic mass is 19.1. The van der Waals surface area contributed by atoms with Gasteiger partial charge in [-0.05, 0) is 24.1 Å². The van der Waals surface area contributed by atoms with Crippen LogP contribution < -0.4 is 5.73 Å². The maximum atomic E-state index is 12.7. The maximum absolute atomic E-state index is 12.7. The lowest BCUT2D eigenvalue weighted by Crippen LogP contribution is -2.26. The van der Waals surface area contributed by atoms with Gasteiger partial charge in [-0.25, -0.2) is 4.39 Å². The second kappa shape index (κ2) is 5.83. The van der Waals surface area contributed by atoms with Gasteiger partial charge in [0.25, 0.3) is 0 Å². The predicted molar refractivity (Wildman–Crippen MR) is 58.9 cm³/mol. The van der Waals surface area contributed by atoms with E-state index in [9.17, 15) is 9.50 Å². The summed E-state index contributed by atoms with van der Waals surface area (Å²) in [5.41, 5.74) is 6.63. The molecular formula is C12H18FNO. The van der Waals surface area contributed by atoms with E-state index >= 15 is 0 Å². The zero-order valence-corrected chi connectivity index (χ0v) is 8.99. The molecule has 0 radical (unpaired) electrons. The molecule has 2 nitrogen and oxygen atoms in total. The Bertz CT molecular complexity index is 286. The molecule has 84 valence electrons. The fraction of sp³-hybridized carbons (Fsp3) is 0.500. The predicted octanol–water partition coefficient (Wildman–Crippen LogP) is 2.38. The highest BCUT2D eigenvalue weighted by molar-refractivity contribution is 5.20. The fourth-order valence-electron chi connectivity index (χ4n) is 1.50. The SMILES string of the molecule is CCCC[C@@H](O)[C@@H](N)c1ccc(F)cc1. The summed E-state index contributed by atoms with van der Waals surface area (Å²) >= 11 is 0. The van der Waals surface area contributed by atoms with Crippen molar-refractivity contribution in [2.45, 2.75) is 38.3 Å². The van der Waals surface area contributed by atoms with E-state index in [1.165, 1.54) is 12.1 Å². The molecule has 0 spiro atoms. The molecule has 0 aliphatic carbocycles. The first-order valence-electron chi connectivity index (χ1n) is 5.34. The molecule has 0 aliphatic heterocycles. The molecule has 15 heavy (non-hydrogen) atoms. The van der Waals surface area contributed by atoms with Crippen molar-refractivity contribution in [3.8, 4) is 0 Å². The largest absolute Gasteiger partial charge is 0.391 e. The summed E-state index contributed by atoms with van der Waals surface area (Å²) < 4.78 is 12.7. The van der Waals surface area contributed by atoms with Gasteiger partial charge < -0.3 is 10.8 Å². The third-order valence-corrected chi connectivity index (χ3v) is 2.52. The van der Waals surface area contributed by atoms with Crippen molar-refractivity contribution in [2.75, 3.05) is 0 Å². The summed E-state index contributed by atoms with van der Waals surface area (Å²) in [5, 5.41) is 9.75. The minimum Gasteiger partial charge on any atom is -0.391 e. The summed E-state index contributed by atoms with van der Waals surface area (Å²) in [5.74, 6) is -0.283. The number of unbranched alkanes of at least 4 members (excludes halogenated alkanes) is 1. The Morgan fingerprint density at radius 1 is 1.33 bits per heavy atom. The van der Waals surface area contributed by atoms with Crippen molar-refractivity contribution in [2.24, 2.45) is 5.73 Å². The van der Waals surface area contributed by atoms with E-state index < -0.39 is 12.1 Å². The third kappa shape index (κ3) is 3.61. The van der Waals surface area contributed by atoms with Crippen LogP contribution in [-0.4, -0.2) is 11.2 Å². The van der Waals surface area contributed by atoms with E-state index in [4.69, 9.17) is 5.73 Å². The quantitative estimate of drug-likeness (QED) is 0.785. The Kier molecular flexibility index (Phi) is 4.72. The van der Waals surface area contributed by atoms with Gasteiger partial charge in [0, 0.05) is 0 Å². The lowest BCUT2D eigenvalue weighted by molar-refractivity contribution is 0.132. The lowest BCUT2D eigenvalue weighted by Gasteiger charge is -2.18. The zero-order valence-electron chi connectivity index (χ0n) is 8.99. The summed E-state index contributed by atoms with van der Waals surface area (Å²) in [7, 11) is 0. The van der Waals surface area contributed by atoms with Crippen LogP contribution in [0.2, 0.25) is 0 Å². The normalized spacial score (nSPS) is 14.9. The minimum absolute atomic E-state index is 0.283. The monoisotopic (exact) mass is 211 g/mol. The number of halogens is 1. The average molecular weight is 211 g/mol. The van der Waals surface area contributed by atoms with Gasteiger partial charge in [0.15, 0.2) is 0 Å². The van der Waals surface area contributed by atoms with Crippen LogP contribution in [-0.2, 0) is 0 Å². The van der Waals surface area contributed by atoms with Crippen LogP contribution in [0.15, 0.2) is 24.3 Å². The van der Waals surface area contributed by atoms with Crippen molar-refractivity contribution in [1.82, 2.24) is 0 Å². The smallest absolute Gasteiger partial charge is 0.123 e. The number of aliphatic hydroxyl groups excluding tert-OH is 1. The number of hydrogen-bond donors (Lipinski definition) is 2. The van der Waals surface area contributed by atoms with E-state index in [-0.39, 0.29) is 5.82 Å². The van der Waals surface area contributed by atoms with Crippen LogP contribution in [0, 0.1) is 5.82 Å². The van der Waals surface area contributed by atoms with Crippen LogP contribution in [0.25, 0.3) is 0 Å². The molecule has 0 fully saturated rings. The topological polar surface area (TPSA) is 46.2 Å². The second-order valence-corrected chi connectivity index (χ2v) is 3.79. The molecule has 3 N–H and O–H groups in total. The Morgan fingerprint density at radius 3 is 2.47 bits per heavy atom. The summed E-state index contributed by atoms with van der Waals surface area (Å²) in [6.07, 6.45) is 2.13. The molecule has 0 heterocycles. The number of benzene rings is 1. The molecule has 0 aromatic heterocycles. The van der Waals surface area contributed by atoms with Crippen molar-refractivity contribution in [3.63, 3.8) is 0 Å². The molecule has 2 atom stereocenters. The average Bonchev–Trinajstić information content (AvgIpc) is 2.26. The Labute approximate surface area is 89.9 Å². The van der Waals surface area contributed by atoms with Crippen molar-refractivity contribution >= 4 is 0 Å². The molecule has 1 rings (SSSR count). The zero-order chi connectivity index (χ0) is 11.3. The maximum Gasteiger partial charge on any atom is 0.123 e. The van der Waals surface area contributed by atoms with E-state index in [0.29, 0.717) is 6.42 Å². The second-order valence-electron chi connectivity index (χ2n) is 3.79. The van der Waals surface area contributed by atoms with Crippen molar-refractivity contribution in [1.29, 1.82) is 0 Å². The minimum atomic E-state index is -0.546. The molecule has 0 saturated carbocycles. The molecule has 0 amide bonds. The van der Waals surface area contributed by atoms with Gasteiger partial charge in [0.1, 0.15) is 5.82 Å². The van der Waals surface area contributed by atoms with Gasteiger partial charge in [-0.2, -0.15) is 0 Å². The van der Waals surface area contributed by atoms with Crippen molar-refractivity contribution in [3.05, 3.63) is 35.6 Å². The van der Waals surface area contributed by atoms with Gasteiger partial charge >= 0.3 is 0 Å². The highest BCUT2D eigenvalue weighted by Crippen LogP contribution is 2.18. The molecule has 3 heteroatoms. The standard InChI is InChI=1S/C12H18FNO/c1-2-3-4-11(15)12(14)9-5-7-10(13)8-6-9/h5-8,11-12,15H,2-4,14H2,1H3/t11-,12+/m1/s1. The highest BCUT2D eigenvalue weighted by Gasteiger charge is 2.15. The molecule has 1 aromatic carbocycles. The molecule has 0 unspecified atom stereocenters. The molecule has 0 bridgehead atoms. The lowest BCUT2D eigenvalue weighted by atomic mass is 9.98. The summed E-state index contributed by atoms with van der Waals surface area (Å²) in [6, 6.07) is 5.55. The van der Waals surface area contributed by atoms with Crippen LogP contribution in [0.1, 0.15) is 37.8 Å².